The van der Waals surface area contributed by atoms with Crippen LogP contribution in [0.5, 0.6) is 0 Å². The van der Waals surface area contributed by atoms with Crippen LogP contribution in [0.1, 0.15) is 15.9 Å². The molecule has 0 bridgehead atoms. The number of nitrogens with zero attached hydrogens (tertiary/aromatic N) is 5. The predicted octanol–water partition coefficient (Wildman–Crippen LogP) is 5.04. The summed E-state index contributed by atoms with van der Waals surface area (Å²) in [6, 6.07) is 19.0. The third kappa shape index (κ3) is 3.11. The van der Waals surface area contributed by atoms with Crippen LogP contribution >= 0.6 is 11.6 Å². The molecule has 0 N–H and O–H groups in total. The molecule has 4 aromatic rings. The SMILES string of the molecule is CN1c2ccc(Cl)cc2N(c2ccccc2)C(=O)c2cn(Cc3ccncc3)nc21. The second-order valence-electron chi connectivity index (χ2n) is 7.09. The molecule has 1 aliphatic rings. The first-order valence-electron chi connectivity index (χ1n) is 9.51. The van der Waals surface area contributed by atoms with Crippen molar-refractivity contribution < 1.29 is 4.79 Å². The summed E-state index contributed by atoms with van der Waals surface area (Å²) in [6.07, 6.45) is 5.30. The number of pyridine rings is 1. The average molecular weight is 416 g/mol. The molecule has 0 atom stereocenters. The fraction of sp³-hybridized carbons (Fsp3) is 0.0870. The monoisotopic (exact) mass is 415 g/mol. The van der Waals surface area contributed by atoms with Gasteiger partial charge in [-0.15, -0.1) is 0 Å². The smallest absolute Gasteiger partial charge is 0.268 e. The maximum absolute atomic E-state index is 13.7. The third-order valence-corrected chi connectivity index (χ3v) is 5.38. The summed E-state index contributed by atoms with van der Waals surface area (Å²) < 4.78 is 1.79. The third-order valence-electron chi connectivity index (χ3n) is 5.14. The number of para-hydroxylation sites is 1. The molecular formula is C23H18ClN5O. The Balaban J connectivity index is 1.67. The van der Waals surface area contributed by atoms with Gasteiger partial charge in [0, 0.05) is 36.3 Å². The van der Waals surface area contributed by atoms with Gasteiger partial charge in [0.2, 0.25) is 0 Å². The maximum Gasteiger partial charge on any atom is 0.268 e. The first-order chi connectivity index (χ1) is 14.6. The molecule has 2 aromatic heterocycles. The van der Waals surface area contributed by atoms with Gasteiger partial charge in [0.05, 0.1) is 17.9 Å². The van der Waals surface area contributed by atoms with Crippen molar-refractivity contribution in [1.29, 1.82) is 0 Å². The van der Waals surface area contributed by atoms with Gasteiger partial charge in [-0.2, -0.15) is 5.10 Å². The van der Waals surface area contributed by atoms with Gasteiger partial charge in [-0.3, -0.25) is 19.4 Å². The van der Waals surface area contributed by atoms with Gasteiger partial charge >= 0.3 is 0 Å². The van der Waals surface area contributed by atoms with Crippen molar-refractivity contribution in [3.63, 3.8) is 0 Å². The van der Waals surface area contributed by atoms with Gasteiger partial charge in [0.1, 0.15) is 5.56 Å². The van der Waals surface area contributed by atoms with E-state index in [0.717, 1.165) is 22.6 Å². The molecular weight excluding hydrogens is 398 g/mol. The lowest BCUT2D eigenvalue weighted by Gasteiger charge is -2.25. The molecule has 30 heavy (non-hydrogen) atoms. The van der Waals surface area contributed by atoms with Gasteiger partial charge in [-0.25, -0.2) is 0 Å². The molecule has 0 fully saturated rings. The maximum atomic E-state index is 13.7. The van der Waals surface area contributed by atoms with Crippen LogP contribution in [0.3, 0.4) is 0 Å². The Morgan fingerprint density at radius 1 is 0.967 bits per heavy atom. The first kappa shape index (κ1) is 18.4. The number of benzene rings is 2. The van der Waals surface area contributed by atoms with Crippen LogP contribution in [0, 0.1) is 0 Å². The molecule has 6 nitrogen and oxygen atoms in total. The van der Waals surface area contributed by atoms with Crippen LogP contribution in [0.2, 0.25) is 5.02 Å². The summed E-state index contributed by atoms with van der Waals surface area (Å²) in [7, 11) is 1.91. The largest absolute Gasteiger partial charge is 0.326 e. The van der Waals surface area contributed by atoms with E-state index in [2.05, 4.69) is 4.98 Å². The zero-order valence-corrected chi connectivity index (χ0v) is 17.0. The van der Waals surface area contributed by atoms with E-state index in [9.17, 15) is 4.79 Å². The van der Waals surface area contributed by atoms with Gasteiger partial charge in [0.15, 0.2) is 5.82 Å². The van der Waals surface area contributed by atoms with Gasteiger partial charge in [0.25, 0.3) is 5.91 Å². The van der Waals surface area contributed by atoms with E-state index in [0.29, 0.717) is 22.9 Å². The highest BCUT2D eigenvalue weighted by molar-refractivity contribution is 6.31. The second kappa shape index (κ2) is 7.31. The number of halogens is 1. The number of hydrogen-bond donors (Lipinski definition) is 0. The Hall–Kier alpha value is -3.64. The topological polar surface area (TPSA) is 54.3 Å². The normalized spacial score (nSPS) is 13.1. The van der Waals surface area contributed by atoms with Crippen molar-refractivity contribution in [2.45, 2.75) is 6.54 Å². The predicted molar refractivity (Wildman–Crippen MR) is 118 cm³/mol. The van der Waals surface area contributed by atoms with E-state index in [1.807, 2.05) is 72.6 Å². The van der Waals surface area contributed by atoms with Crippen molar-refractivity contribution in [2.75, 3.05) is 16.8 Å². The molecule has 1 aliphatic heterocycles. The summed E-state index contributed by atoms with van der Waals surface area (Å²) >= 11 is 6.30. The van der Waals surface area contributed by atoms with E-state index in [1.165, 1.54) is 0 Å². The summed E-state index contributed by atoms with van der Waals surface area (Å²) in [6.45, 7) is 0.551. The van der Waals surface area contributed by atoms with Crippen LogP contribution in [0.15, 0.2) is 79.3 Å². The van der Waals surface area contributed by atoms with E-state index < -0.39 is 0 Å². The highest BCUT2D eigenvalue weighted by Gasteiger charge is 2.33. The zero-order valence-electron chi connectivity index (χ0n) is 16.2. The Labute approximate surface area is 179 Å². The number of carbonyl (C=O) groups is 1. The van der Waals surface area contributed by atoms with Crippen LogP contribution in [-0.2, 0) is 6.54 Å². The van der Waals surface area contributed by atoms with Crippen LogP contribution < -0.4 is 9.80 Å². The summed E-state index contributed by atoms with van der Waals surface area (Å²) in [4.78, 5) is 21.4. The van der Waals surface area contributed by atoms with Gasteiger partial charge in [-0.05, 0) is 48.0 Å². The van der Waals surface area contributed by atoms with Crippen molar-refractivity contribution >= 4 is 40.4 Å². The fourth-order valence-corrected chi connectivity index (χ4v) is 3.87. The number of carbonyl (C=O) groups excluding carboxylic acids is 1. The Bertz CT molecular complexity index is 1220. The van der Waals surface area contributed by atoms with Crippen molar-refractivity contribution in [3.8, 4) is 0 Å². The van der Waals surface area contributed by atoms with Crippen LogP contribution in [0.4, 0.5) is 22.9 Å². The highest BCUT2D eigenvalue weighted by Crippen LogP contribution is 2.43. The Morgan fingerprint density at radius 3 is 2.50 bits per heavy atom. The molecule has 0 radical (unpaired) electrons. The van der Waals surface area contributed by atoms with E-state index in [1.54, 1.807) is 28.2 Å². The molecule has 0 saturated heterocycles. The number of anilines is 4. The second-order valence-corrected chi connectivity index (χ2v) is 7.52. The summed E-state index contributed by atoms with van der Waals surface area (Å²) in [5.74, 6) is 0.459. The lowest BCUT2D eigenvalue weighted by Crippen LogP contribution is -2.25. The summed E-state index contributed by atoms with van der Waals surface area (Å²) in [5.41, 5.74) is 3.94. The summed E-state index contributed by atoms with van der Waals surface area (Å²) in [5, 5.41) is 5.30. The number of amides is 1. The minimum absolute atomic E-state index is 0.148. The number of rotatable bonds is 3. The Kier molecular flexibility index (Phi) is 4.48. The molecule has 0 saturated carbocycles. The minimum Gasteiger partial charge on any atom is -0.326 e. The quantitative estimate of drug-likeness (QED) is 0.470. The van der Waals surface area contributed by atoms with E-state index >= 15 is 0 Å². The average Bonchev–Trinajstić information content (AvgIpc) is 3.16. The molecule has 1 amide bonds. The first-order valence-corrected chi connectivity index (χ1v) is 9.89. The number of aromatic nitrogens is 3. The van der Waals surface area contributed by atoms with Crippen molar-refractivity contribution in [2.24, 2.45) is 0 Å². The van der Waals surface area contributed by atoms with Crippen molar-refractivity contribution in [3.05, 3.63) is 95.4 Å². The lowest BCUT2D eigenvalue weighted by molar-refractivity contribution is 0.100. The molecule has 2 aromatic carbocycles. The number of hydrogen-bond acceptors (Lipinski definition) is 4. The Morgan fingerprint density at radius 2 is 1.73 bits per heavy atom. The van der Waals surface area contributed by atoms with Crippen LogP contribution in [-0.4, -0.2) is 27.7 Å². The molecule has 0 spiro atoms. The molecule has 7 heteroatoms. The standard InChI is InChI=1S/C23H18ClN5O/c1-27-20-8-7-17(24)13-21(20)29(18-5-3-2-4-6-18)23(30)19-15-28(26-22(19)27)14-16-9-11-25-12-10-16/h2-13,15H,14H2,1H3. The van der Waals surface area contributed by atoms with E-state index in [-0.39, 0.29) is 5.91 Å². The highest BCUT2D eigenvalue weighted by atomic mass is 35.5. The lowest BCUT2D eigenvalue weighted by atomic mass is 10.2. The molecule has 148 valence electrons. The molecule has 0 unspecified atom stereocenters. The zero-order chi connectivity index (χ0) is 20.7. The molecule has 5 rings (SSSR count). The molecule has 3 heterocycles. The van der Waals surface area contributed by atoms with E-state index in [4.69, 9.17) is 16.7 Å². The van der Waals surface area contributed by atoms with Crippen LogP contribution in [0.25, 0.3) is 0 Å². The van der Waals surface area contributed by atoms with Gasteiger partial charge < -0.3 is 4.90 Å². The number of fused-ring (bicyclic) bond motifs is 2. The van der Waals surface area contributed by atoms with Crippen molar-refractivity contribution in [1.82, 2.24) is 14.8 Å². The minimum atomic E-state index is -0.148. The molecule has 0 aliphatic carbocycles. The van der Waals surface area contributed by atoms with Gasteiger partial charge in [-0.1, -0.05) is 29.8 Å². The fourth-order valence-electron chi connectivity index (χ4n) is 3.70.